The van der Waals surface area contributed by atoms with Crippen LogP contribution in [0, 0.1) is 34.5 Å². The van der Waals surface area contributed by atoms with Crippen molar-refractivity contribution in [3.63, 3.8) is 0 Å². The number of hydrogen-bond acceptors (Lipinski definition) is 3. The number of carboxylic acid groups (broad SMARTS) is 1. The molecule has 0 unspecified atom stereocenters. The van der Waals surface area contributed by atoms with Crippen LogP contribution in [0.4, 0.5) is 0 Å². The van der Waals surface area contributed by atoms with Crippen molar-refractivity contribution in [2.24, 2.45) is 34.5 Å². The van der Waals surface area contributed by atoms with Crippen molar-refractivity contribution in [2.75, 3.05) is 0 Å². The summed E-state index contributed by atoms with van der Waals surface area (Å²) in [5, 5.41) is 9.60. The van der Waals surface area contributed by atoms with E-state index in [4.69, 9.17) is 0 Å². The van der Waals surface area contributed by atoms with Crippen molar-refractivity contribution < 1.29 is 19.5 Å². The number of carbonyl (C=O) groups is 3. The largest absolute Gasteiger partial charge is 0.481 e. The lowest BCUT2D eigenvalue weighted by Crippen LogP contribution is -2.54. The molecule has 6 atom stereocenters. The van der Waals surface area contributed by atoms with Crippen LogP contribution in [0.15, 0.2) is 23.8 Å². The molecule has 0 spiro atoms. The van der Waals surface area contributed by atoms with E-state index in [-0.39, 0.29) is 28.8 Å². The predicted molar refractivity (Wildman–Crippen MR) is 88.1 cm³/mol. The summed E-state index contributed by atoms with van der Waals surface area (Å²) >= 11 is 0. The Balaban J connectivity index is 1.75. The zero-order chi connectivity index (χ0) is 17.3. The van der Waals surface area contributed by atoms with Gasteiger partial charge in [0.1, 0.15) is 5.78 Å². The number of carboxylic acids is 1. The third kappa shape index (κ3) is 1.88. The summed E-state index contributed by atoms with van der Waals surface area (Å²) in [6.45, 7) is 4.11. The van der Waals surface area contributed by atoms with Gasteiger partial charge in [-0.05, 0) is 55.1 Å². The lowest BCUT2D eigenvalue weighted by atomic mass is 9.47. The average molecular weight is 328 g/mol. The highest BCUT2D eigenvalue weighted by Crippen LogP contribution is 2.64. The van der Waals surface area contributed by atoms with Crippen LogP contribution in [-0.2, 0) is 14.4 Å². The van der Waals surface area contributed by atoms with E-state index in [1.807, 2.05) is 13.0 Å². The van der Waals surface area contributed by atoms with Gasteiger partial charge in [0.2, 0.25) is 0 Å². The van der Waals surface area contributed by atoms with Gasteiger partial charge in [0.15, 0.2) is 5.78 Å². The molecule has 0 aromatic rings. The van der Waals surface area contributed by atoms with Gasteiger partial charge in [-0.3, -0.25) is 14.4 Å². The fourth-order valence-electron chi connectivity index (χ4n) is 6.44. The third-order valence-corrected chi connectivity index (χ3v) is 7.55. The number of aliphatic carboxylic acids is 1. The van der Waals surface area contributed by atoms with E-state index >= 15 is 0 Å². The maximum absolute atomic E-state index is 13.1. The average Bonchev–Trinajstić information content (AvgIpc) is 2.84. The molecule has 0 bridgehead atoms. The lowest BCUT2D eigenvalue weighted by Gasteiger charge is -2.55. The minimum Gasteiger partial charge on any atom is -0.481 e. The van der Waals surface area contributed by atoms with Crippen LogP contribution in [-0.4, -0.2) is 22.6 Å². The summed E-state index contributed by atoms with van der Waals surface area (Å²) in [4.78, 5) is 36.6. The van der Waals surface area contributed by atoms with Crippen molar-refractivity contribution in [2.45, 2.75) is 46.0 Å². The Hall–Kier alpha value is -1.71. The van der Waals surface area contributed by atoms with Gasteiger partial charge < -0.3 is 5.11 Å². The first kappa shape index (κ1) is 15.8. The van der Waals surface area contributed by atoms with E-state index in [1.165, 1.54) is 0 Å². The molecule has 0 aromatic heterocycles. The van der Waals surface area contributed by atoms with Crippen LogP contribution < -0.4 is 0 Å². The van der Waals surface area contributed by atoms with Gasteiger partial charge in [-0.25, -0.2) is 0 Å². The first-order valence-electron chi connectivity index (χ1n) is 8.97. The quantitative estimate of drug-likeness (QED) is 0.802. The first-order valence-corrected chi connectivity index (χ1v) is 8.97. The highest BCUT2D eigenvalue weighted by Gasteiger charge is 2.62. The van der Waals surface area contributed by atoms with Crippen LogP contribution in [0.2, 0.25) is 0 Å². The number of fused-ring (bicyclic) bond motifs is 5. The summed E-state index contributed by atoms with van der Waals surface area (Å²) in [6.07, 6.45) is 8.93. The molecular formula is C20H24O4. The Bertz CT molecular complexity index is 702. The van der Waals surface area contributed by atoms with E-state index in [0.29, 0.717) is 18.8 Å². The van der Waals surface area contributed by atoms with Crippen LogP contribution >= 0.6 is 0 Å². The highest BCUT2D eigenvalue weighted by molar-refractivity contribution is 6.01. The zero-order valence-electron chi connectivity index (χ0n) is 14.2. The molecule has 4 heteroatoms. The molecule has 3 saturated carbocycles. The van der Waals surface area contributed by atoms with Gasteiger partial charge >= 0.3 is 5.97 Å². The van der Waals surface area contributed by atoms with Crippen LogP contribution in [0.1, 0.15) is 46.0 Å². The Morgan fingerprint density at radius 1 is 1.21 bits per heavy atom. The summed E-state index contributed by atoms with van der Waals surface area (Å²) in [7, 11) is 0. The standard InChI is InChI=1S/C20H24O4/c1-19-8-7-12(21)9-11(19)3-4-13-14-5-6-15(18(23)24)20(14,2)10-16(22)17(13)19/h7-9,13-15,17H,3-6,10H2,1-2H3,(H,23,24)/t13-,14-,15+,17+,19-,20-/m1/s1. The van der Waals surface area contributed by atoms with Crippen LogP contribution in [0.25, 0.3) is 0 Å². The molecule has 4 aliphatic rings. The Morgan fingerprint density at radius 2 is 1.96 bits per heavy atom. The molecule has 24 heavy (non-hydrogen) atoms. The Kier molecular flexibility index (Phi) is 3.23. The van der Waals surface area contributed by atoms with E-state index in [2.05, 4.69) is 6.92 Å². The van der Waals surface area contributed by atoms with Gasteiger partial charge in [-0.1, -0.05) is 25.5 Å². The number of Topliss-reactive ketones (excluding diaryl/α,β-unsaturated/α-hetero) is 1. The van der Waals surface area contributed by atoms with Crippen molar-refractivity contribution >= 4 is 17.5 Å². The first-order chi connectivity index (χ1) is 11.3. The summed E-state index contributed by atoms with van der Waals surface area (Å²) < 4.78 is 0. The molecule has 0 amide bonds. The highest BCUT2D eigenvalue weighted by atomic mass is 16.4. The molecule has 4 aliphatic carbocycles. The molecule has 3 fully saturated rings. The number of ketones is 2. The fourth-order valence-corrected chi connectivity index (χ4v) is 6.44. The minimum absolute atomic E-state index is 0.0147. The number of rotatable bonds is 1. The molecule has 1 N–H and O–H groups in total. The molecule has 4 rings (SSSR count). The monoisotopic (exact) mass is 328 g/mol. The molecule has 0 heterocycles. The number of hydrogen-bond donors (Lipinski definition) is 1. The van der Waals surface area contributed by atoms with Crippen molar-refractivity contribution in [3.05, 3.63) is 23.8 Å². The molecule has 0 aromatic carbocycles. The summed E-state index contributed by atoms with van der Waals surface area (Å²) in [5.74, 6) is -0.517. The lowest BCUT2D eigenvalue weighted by molar-refractivity contribution is -0.153. The van der Waals surface area contributed by atoms with Gasteiger partial charge in [-0.2, -0.15) is 0 Å². The van der Waals surface area contributed by atoms with E-state index in [1.54, 1.807) is 12.2 Å². The number of carbonyl (C=O) groups excluding carboxylic acids is 2. The van der Waals surface area contributed by atoms with Gasteiger partial charge in [-0.15, -0.1) is 0 Å². The molecular weight excluding hydrogens is 304 g/mol. The predicted octanol–water partition coefficient (Wildman–Crippen LogP) is 3.17. The van der Waals surface area contributed by atoms with Crippen LogP contribution in [0.3, 0.4) is 0 Å². The fraction of sp³-hybridized carbons (Fsp3) is 0.650. The molecule has 0 radical (unpaired) electrons. The second-order valence-corrected chi connectivity index (χ2v) is 8.59. The second-order valence-electron chi connectivity index (χ2n) is 8.59. The van der Waals surface area contributed by atoms with E-state index < -0.39 is 17.3 Å². The maximum Gasteiger partial charge on any atom is 0.307 e. The molecule has 128 valence electrons. The summed E-state index contributed by atoms with van der Waals surface area (Å²) in [5.41, 5.74) is 0.313. The zero-order valence-corrected chi connectivity index (χ0v) is 14.2. The molecule has 0 aliphatic heterocycles. The normalized spacial score (nSPS) is 46.8. The van der Waals surface area contributed by atoms with Crippen LogP contribution in [0.5, 0.6) is 0 Å². The second kappa shape index (κ2) is 4.90. The Labute approximate surface area is 142 Å². The minimum atomic E-state index is -0.753. The van der Waals surface area contributed by atoms with E-state index in [9.17, 15) is 19.5 Å². The van der Waals surface area contributed by atoms with Crippen molar-refractivity contribution in [1.82, 2.24) is 0 Å². The Morgan fingerprint density at radius 3 is 2.67 bits per heavy atom. The summed E-state index contributed by atoms with van der Waals surface area (Å²) in [6, 6.07) is 0. The van der Waals surface area contributed by atoms with Crippen molar-refractivity contribution in [1.29, 1.82) is 0 Å². The third-order valence-electron chi connectivity index (χ3n) is 7.55. The molecule has 0 saturated heterocycles. The maximum atomic E-state index is 13.1. The van der Waals surface area contributed by atoms with Gasteiger partial charge in [0.25, 0.3) is 0 Å². The molecule has 4 nitrogen and oxygen atoms in total. The van der Waals surface area contributed by atoms with Gasteiger partial charge in [0.05, 0.1) is 5.92 Å². The SMILES string of the molecule is C[C@@]12CC(=O)[C@@H]3[C@H](CCC4=CC(=O)C=C[C@]43C)[C@H]1CC[C@H]2C(=O)O. The van der Waals surface area contributed by atoms with Crippen molar-refractivity contribution in [3.8, 4) is 0 Å². The van der Waals surface area contributed by atoms with Gasteiger partial charge in [0, 0.05) is 17.8 Å². The number of allylic oxidation sites excluding steroid dienone is 4. The van der Waals surface area contributed by atoms with E-state index in [0.717, 1.165) is 24.8 Å². The smallest absolute Gasteiger partial charge is 0.307 e. The topological polar surface area (TPSA) is 71.4 Å².